The van der Waals surface area contributed by atoms with Crippen molar-refractivity contribution in [3.05, 3.63) is 65.6 Å². The summed E-state index contributed by atoms with van der Waals surface area (Å²) in [6, 6.07) is 7.24. The lowest BCUT2D eigenvalue weighted by molar-refractivity contribution is 0.0942. The van der Waals surface area contributed by atoms with Gasteiger partial charge in [-0.15, -0.1) is 0 Å². The predicted octanol–water partition coefficient (Wildman–Crippen LogP) is 1.49. The number of benzene rings is 1. The van der Waals surface area contributed by atoms with Crippen molar-refractivity contribution in [1.82, 2.24) is 19.7 Å². The number of carbonyl (C=O) groups excluding carboxylic acids is 1. The average Bonchev–Trinajstić information content (AvgIpc) is 3.22. The first-order chi connectivity index (χ1) is 11.9. The summed E-state index contributed by atoms with van der Waals surface area (Å²) in [7, 11) is -4.00. The SMILES string of the molecule is Cc1cc(CNC(=O)c2ccn(S(=O)(=O)c3ccc(F)cc3)n2)on1. The molecule has 0 bridgehead atoms. The highest BCUT2D eigenvalue weighted by Gasteiger charge is 2.20. The Kier molecular flexibility index (Phi) is 4.36. The Morgan fingerprint density at radius 1 is 1.28 bits per heavy atom. The molecule has 25 heavy (non-hydrogen) atoms. The molecule has 0 radical (unpaired) electrons. The van der Waals surface area contributed by atoms with Crippen molar-refractivity contribution in [2.75, 3.05) is 0 Å². The number of rotatable bonds is 5. The van der Waals surface area contributed by atoms with Gasteiger partial charge in [0.15, 0.2) is 11.5 Å². The molecule has 0 saturated carbocycles. The van der Waals surface area contributed by atoms with Gasteiger partial charge in [0.25, 0.3) is 15.9 Å². The van der Waals surface area contributed by atoms with Crippen LogP contribution in [0.3, 0.4) is 0 Å². The highest BCUT2D eigenvalue weighted by Crippen LogP contribution is 2.14. The molecule has 130 valence electrons. The van der Waals surface area contributed by atoms with Gasteiger partial charge < -0.3 is 9.84 Å². The van der Waals surface area contributed by atoms with Crippen LogP contribution < -0.4 is 5.32 Å². The molecule has 0 atom stereocenters. The maximum atomic E-state index is 12.9. The molecule has 1 aromatic carbocycles. The van der Waals surface area contributed by atoms with Gasteiger partial charge in [-0.2, -0.15) is 17.6 Å². The molecular formula is C15H13FN4O4S. The summed E-state index contributed by atoms with van der Waals surface area (Å²) in [6.07, 6.45) is 1.15. The Labute approximate surface area is 142 Å². The van der Waals surface area contributed by atoms with Crippen LogP contribution in [0.2, 0.25) is 0 Å². The van der Waals surface area contributed by atoms with Gasteiger partial charge in [0, 0.05) is 12.3 Å². The normalized spacial score (nSPS) is 11.4. The quantitative estimate of drug-likeness (QED) is 0.735. The van der Waals surface area contributed by atoms with E-state index in [1.54, 1.807) is 13.0 Å². The van der Waals surface area contributed by atoms with Crippen molar-refractivity contribution in [3.8, 4) is 0 Å². The van der Waals surface area contributed by atoms with E-state index in [-0.39, 0.29) is 17.1 Å². The molecular weight excluding hydrogens is 351 g/mol. The lowest BCUT2D eigenvalue weighted by Crippen LogP contribution is -2.24. The fourth-order valence-corrected chi connectivity index (χ4v) is 3.15. The third kappa shape index (κ3) is 3.58. The number of halogens is 1. The van der Waals surface area contributed by atoms with Crippen LogP contribution in [0.15, 0.2) is 52.0 Å². The lowest BCUT2D eigenvalue weighted by Gasteiger charge is -2.04. The summed E-state index contributed by atoms with van der Waals surface area (Å²) in [6.45, 7) is 1.84. The van der Waals surface area contributed by atoms with E-state index in [1.807, 2.05) is 0 Å². The van der Waals surface area contributed by atoms with E-state index in [9.17, 15) is 17.6 Å². The molecule has 0 saturated heterocycles. The highest BCUT2D eigenvalue weighted by molar-refractivity contribution is 7.89. The van der Waals surface area contributed by atoms with E-state index in [1.165, 1.54) is 6.07 Å². The van der Waals surface area contributed by atoms with Crippen molar-refractivity contribution in [3.63, 3.8) is 0 Å². The van der Waals surface area contributed by atoms with Gasteiger partial charge in [-0.25, -0.2) is 4.39 Å². The van der Waals surface area contributed by atoms with Crippen LogP contribution in [0.5, 0.6) is 0 Å². The van der Waals surface area contributed by atoms with Crippen LogP contribution in [0.1, 0.15) is 21.9 Å². The Hall–Kier alpha value is -3.01. The lowest BCUT2D eigenvalue weighted by atomic mass is 10.3. The summed E-state index contributed by atoms with van der Waals surface area (Å²) >= 11 is 0. The van der Waals surface area contributed by atoms with Gasteiger partial charge in [0.05, 0.1) is 17.1 Å². The van der Waals surface area contributed by atoms with E-state index < -0.39 is 21.7 Å². The molecule has 0 fully saturated rings. The predicted molar refractivity (Wildman–Crippen MR) is 83.6 cm³/mol. The van der Waals surface area contributed by atoms with E-state index in [2.05, 4.69) is 15.6 Å². The average molecular weight is 364 g/mol. The summed E-state index contributed by atoms with van der Waals surface area (Å²) in [5.41, 5.74) is 0.598. The van der Waals surface area contributed by atoms with Gasteiger partial charge in [-0.05, 0) is 37.3 Å². The number of nitrogens with one attached hydrogen (secondary N) is 1. The minimum absolute atomic E-state index is 0.0816. The number of amides is 1. The molecule has 3 aromatic rings. The van der Waals surface area contributed by atoms with Crippen molar-refractivity contribution in [2.45, 2.75) is 18.4 Å². The highest BCUT2D eigenvalue weighted by atomic mass is 32.2. The van der Waals surface area contributed by atoms with Gasteiger partial charge in [0.2, 0.25) is 0 Å². The second-order valence-electron chi connectivity index (χ2n) is 5.15. The molecule has 8 nitrogen and oxygen atoms in total. The molecule has 2 aromatic heterocycles. The maximum Gasteiger partial charge on any atom is 0.282 e. The number of nitrogens with zero attached hydrogens (tertiary/aromatic N) is 3. The minimum atomic E-state index is -4.00. The van der Waals surface area contributed by atoms with Gasteiger partial charge in [0.1, 0.15) is 5.82 Å². The largest absolute Gasteiger partial charge is 0.359 e. The first kappa shape index (κ1) is 16.8. The minimum Gasteiger partial charge on any atom is -0.359 e. The number of aryl methyl sites for hydroxylation is 1. The van der Waals surface area contributed by atoms with Crippen LogP contribution in [-0.2, 0) is 16.6 Å². The molecule has 1 amide bonds. The molecule has 10 heteroatoms. The summed E-state index contributed by atoms with van der Waals surface area (Å²) < 4.78 is 43.3. The maximum absolute atomic E-state index is 12.9. The number of aromatic nitrogens is 3. The zero-order valence-corrected chi connectivity index (χ0v) is 13.8. The van der Waals surface area contributed by atoms with Gasteiger partial charge in [-0.1, -0.05) is 5.16 Å². The van der Waals surface area contributed by atoms with Crippen LogP contribution in [0.4, 0.5) is 4.39 Å². The molecule has 0 aliphatic rings. The molecule has 1 N–H and O–H groups in total. The number of carbonyl (C=O) groups is 1. The van der Waals surface area contributed by atoms with Gasteiger partial charge in [-0.3, -0.25) is 4.79 Å². The van der Waals surface area contributed by atoms with E-state index in [4.69, 9.17) is 4.52 Å². The fraction of sp³-hybridized carbons (Fsp3) is 0.133. The topological polar surface area (TPSA) is 107 Å². The second kappa shape index (κ2) is 6.48. The van der Waals surface area contributed by atoms with Crippen molar-refractivity contribution in [1.29, 1.82) is 0 Å². The Morgan fingerprint density at radius 3 is 2.64 bits per heavy atom. The van der Waals surface area contributed by atoms with Crippen LogP contribution >= 0.6 is 0 Å². The second-order valence-corrected chi connectivity index (χ2v) is 6.95. The zero-order chi connectivity index (χ0) is 18.0. The monoisotopic (exact) mass is 364 g/mol. The zero-order valence-electron chi connectivity index (χ0n) is 13.0. The van der Waals surface area contributed by atoms with Crippen molar-refractivity contribution >= 4 is 15.9 Å². The molecule has 0 spiro atoms. The van der Waals surface area contributed by atoms with Crippen molar-refractivity contribution in [2.24, 2.45) is 0 Å². The summed E-state index contributed by atoms with van der Waals surface area (Å²) in [5, 5.41) is 10.0. The third-order valence-corrected chi connectivity index (χ3v) is 4.82. The summed E-state index contributed by atoms with van der Waals surface area (Å²) in [5.74, 6) is -0.659. The van der Waals surface area contributed by atoms with Crippen LogP contribution in [0.25, 0.3) is 0 Å². The Morgan fingerprint density at radius 2 is 2.00 bits per heavy atom. The van der Waals surface area contributed by atoms with E-state index in [0.29, 0.717) is 15.5 Å². The smallest absolute Gasteiger partial charge is 0.282 e. The first-order valence-corrected chi connectivity index (χ1v) is 8.57. The van der Waals surface area contributed by atoms with Crippen LogP contribution in [0, 0.1) is 12.7 Å². The van der Waals surface area contributed by atoms with E-state index >= 15 is 0 Å². The van der Waals surface area contributed by atoms with E-state index in [0.717, 1.165) is 30.5 Å². The summed E-state index contributed by atoms with van der Waals surface area (Å²) in [4.78, 5) is 11.9. The third-order valence-electron chi connectivity index (χ3n) is 3.26. The fourth-order valence-electron chi connectivity index (χ4n) is 2.03. The molecule has 2 heterocycles. The van der Waals surface area contributed by atoms with Crippen molar-refractivity contribution < 1.29 is 22.1 Å². The number of hydrogen-bond acceptors (Lipinski definition) is 6. The first-order valence-electron chi connectivity index (χ1n) is 7.13. The Bertz CT molecular complexity index is 1010. The molecule has 0 aliphatic heterocycles. The number of hydrogen-bond donors (Lipinski definition) is 1. The van der Waals surface area contributed by atoms with Crippen LogP contribution in [-0.4, -0.2) is 28.7 Å². The standard InChI is InChI=1S/C15H13FN4O4S/c1-10-8-12(24-19-10)9-17-15(21)14-6-7-20(18-14)25(22,23)13-4-2-11(16)3-5-13/h2-8H,9H2,1H3,(H,17,21). The Balaban J connectivity index is 1.75. The van der Waals surface area contributed by atoms with Gasteiger partial charge >= 0.3 is 0 Å². The molecule has 0 aliphatic carbocycles. The molecule has 3 rings (SSSR count). The molecule has 0 unspecified atom stereocenters.